The molecule has 2 heterocycles. The zero-order valence-corrected chi connectivity index (χ0v) is 19.6. The van der Waals surface area contributed by atoms with Crippen LogP contribution in [0.4, 0.5) is 0 Å². The minimum absolute atomic E-state index is 0.0925. The average molecular weight is 488 g/mol. The van der Waals surface area contributed by atoms with Crippen molar-refractivity contribution in [3.05, 3.63) is 63.8 Å². The van der Waals surface area contributed by atoms with E-state index in [9.17, 15) is 13.7 Å². The maximum atomic E-state index is 12.1. The number of hydrogen-bond acceptors (Lipinski definition) is 7. The van der Waals surface area contributed by atoms with Crippen molar-refractivity contribution in [1.82, 2.24) is 4.98 Å². The Morgan fingerprint density at radius 3 is 2.73 bits per heavy atom. The van der Waals surface area contributed by atoms with Crippen LogP contribution in [0.3, 0.4) is 0 Å². The molecule has 1 fully saturated rings. The van der Waals surface area contributed by atoms with Crippen LogP contribution in [0.15, 0.2) is 41.3 Å². The van der Waals surface area contributed by atoms with Crippen molar-refractivity contribution in [3.63, 3.8) is 0 Å². The normalized spacial score (nSPS) is 17.5. The van der Waals surface area contributed by atoms with Crippen molar-refractivity contribution >= 4 is 32.5 Å². The molecule has 0 unspecified atom stereocenters. The first-order valence-electron chi connectivity index (χ1n) is 10.2. The Hall–Kier alpha value is -2.74. The van der Waals surface area contributed by atoms with Gasteiger partial charge in [-0.15, -0.1) is 0 Å². The number of rotatable bonds is 5. The standard InChI is InChI=1S/C23H22ClN3O5S/c1-13-7-16(14(2)32-21-4-3-15(24)9-23(21)33(26,28)29)17-10-18(22-12-30-5-6-31-22)20(11-25)27-19(17)8-13/h3-4,7-10,14,22H,5-6,12H2,1-2H3,(H2,26,28,29)/t14-,22+/m1/s1. The minimum Gasteiger partial charge on any atom is -0.485 e. The lowest BCUT2D eigenvalue weighted by Crippen LogP contribution is -2.23. The van der Waals surface area contributed by atoms with Crippen molar-refractivity contribution < 1.29 is 22.6 Å². The van der Waals surface area contributed by atoms with Crippen LogP contribution >= 0.6 is 11.6 Å². The van der Waals surface area contributed by atoms with E-state index in [-0.39, 0.29) is 21.4 Å². The van der Waals surface area contributed by atoms with E-state index in [2.05, 4.69) is 11.1 Å². The third kappa shape index (κ3) is 4.95. The predicted octanol–water partition coefficient (Wildman–Crippen LogP) is 3.94. The summed E-state index contributed by atoms with van der Waals surface area (Å²) in [4.78, 5) is 4.37. The minimum atomic E-state index is -4.05. The van der Waals surface area contributed by atoms with E-state index < -0.39 is 22.2 Å². The molecular formula is C23H22ClN3O5S. The predicted molar refractivity (Wildman–Crippen MR) is 123 cm³/mol. The van der Waals surface area contributed by atoms with Crippen LogP contribution in [0, 0.1) is 18.3 Å². The highest BCUT2D eigenvalue weighted by Crippen LogP contribution is 2.35. The van der Waals surface area contributed by atoms with Gasteiger partial charge in [-0.1, -0.05) is 17.7 Å². The molecule has 2 aromatic carbocycles. The van der Waals surface area contributed by atoms with Crippen molar-refractivity contribution in [2.75, 3.05) is 19.8 Å². The van der Waals surface area contributed by atoms with Gasteiger partial charge in [-0.25, -0.2) is 18.5 Å². The smallest absolute Gasteiger partial charge is 0.241 e. The number of nitriles is 1. The summed E-state index contributed by atoms with van der Waals surface area (Å²) < 4.78 is 41.5. The van der Waals surface area contributed by atoms with E-state index in [1.54, 1.807) is 6.92 Å². The summed E-state index contributed by atoms with van der Waals surface area (Å²) in [5, 5.41) is 16.0. The Bertz CT molecular complexity index is 1360. The van der Waals surface area contributed by atoms with Gasteiger partial charge in [-0.05, 0) is 49.7 Å². The van der Waals surface area contributed by atoms with Crippen molar-refractivity contribution in [2.45, 2.75) is 31.0 Å². The number of nitrogens with zero attached hydrogens (tertiary/aromatic N) is 2. The van der Waals surface area contributed by atoms with E-state index >= 15 is 0 Å². The quantitative estimate of drug-likeness (QED) is 0.577. The fraction of sp³-hybridized carbons (Fsp3) is 0.304. The highest BCUT2D eigenvalue weighted by molar-refractivity contribution is 7.89. The summed E-state index contributed by atoms with van der Waals surface area (Å²) in [7, 11) is -4.05. The maximum absolute atomic E-state index is 12.1. The number of aromatic nitrogens is 1. The second-order valence-corrected chi connectivity index (χ2v) is 9.76. The fourth-order valence-corrected chi connectivity index (χ4v) is 4.78. The van der Waals surface area contributed by atoms with E-state index in [1.807, 2.05) is 25.1 Å². The Morgan fingerprint density at radius 2 is 2.06 bits per heavy atom. The van der Waals surface area contributed by atoms with Gasteiger partial charge in [0.05, 0.1) is 25.3 Å². The first-order valence-corrected chi connectivity index (χ1v) is 12.1. The Labute approximate surface area is 196 Å². The molecule has 2 atom stereocenters. The van der Waals surface area contributed by atoms with Crippen LogP contribution in [-0.2, 0) is 19.5 Å². The van der Waals surface area contributed by atoms with Gasteiger partial charge < -0.3 is 14.2 Å². The summed E-state index contributed by atoms with van der Waals surface area (Å²) in [6.45, 7) is 4.97. The van der Waals surface area contributed by atoms with Gasteiger partial charge in [0.2, 0.25) is 10.0 Å². The summed E-state index contributed by atoms with van der Waals surface area (Å²) in [5.74, 6) is 0.0925. The maximum Gasteiger partial charge on any atom is 0.241 e. The molecule has 0 saturated carbocycles. The van der Waals surface area contributed by atoms with Crippen LogP contribution in [0.5, 0.6) is 5.75 Å². The number of aryl methyl sites for hydroxylation is 1. The van der Waals surface area contributed by atoms with Gasteiger partial charge in [0.1, 0.15) is 34.6 Å². The summed E-state index contributed by atoms with van der Waals surface area (Å²) in [5.41, 5.74) is 3.23. The molecule has 1 aliphatic heterocycles. The molecule has 172 valence electrons. The van der Waals surface area contributed by atoms with Gasteiger partial charge in [-0.2, -0.15) is 5.26 Å². The van der Waals surface area contributed by atoms with Crippen molar-refractivity contribution in [1.29, 1.82) is 5.26 Å². The second kappa shape index (κ2) is 9.25. The molecule has 0 radical (unpaired) electrons. The topological polar surface area (TPSA) is 125 Å². The number of primary sulfonamides is 1. The zero-order valence-electron chi connectivity index (χ0n) is 18.0. The van der Waals surface area contributed by atoms with Crippen molar-refractivity contribution in [3.8, 4) is 11.8 Å². The fourth-order valence-electron chi connectivity index (χ4n) is 3.86. The summed E-state index contributed by atoms with van der Waals surface area (Å²) >= 11 is 5.96. The number of ether oxygens (including phenoxy) is 3. The van der Waals surface area contributed by atoms with Crippen LogP contribution in [-0.4, -0.2) is 33.2 Å². The van der Waals surface area contributed by atoms with E-state index in [0.717, 1.165) is 16.5 Å². The molecule has 0 spiro atoms. The van der Waals surface area contributed by atoms with E-state index in [1.165, 1.54) is 18.2 Å². The molecule has 4 rings (SSSR count). The van der Waals surface area contributed by atoms with E-state index in [0.29, 0.717) is 30.9 Å². The molecule has 33 heavy (non-hydrogen) atoms. The third-order valence-corrected chi connectivity index (χ3v) is 6.53. The molecule has 1 aliphatic rings. The van der Waals surface area contributed by atoms with Crippen LogP contribution in [0.25, 0.3) is 10.9 Å². The molecular weight excluding hydrogens is 466 g/mol. The molecule has 1 saturated heterocycles. The SMILES string of the molecule is Cc1cc([C@@H](C)Oc2ccc(Cl)cc2S(N)(=O)=O)c2cc([C@@H]3COCCO3)c(C#N)nc2c1. The monoisotopic (exact) mass is 487 g/mol. The molecule has 0 aliphatic carbocycles. The molecule has 0 bridgehead atoms. The largest absolute Gasteiger partial charge is 0.485 e. The highest BCUT2D eigenvalue weighted by atomic mass is 35.5. The number of pyridine rings is 1. The Balaban J connectivity index is 1.81. The highest BCUT2D eigenvalue weighted by Gasteiger charge is 2.24. The van der Waals surface area contributed by atoms with Crippen LogP contribution in [0.2, 0.25) is 5.02 Å². The Morgan fingerprint density at radius 1 is 1.27 bits per heavy atom. The lowest BCUT2D eigenvalue weighted by Gasteiger charge is -2.25. The molecule has 10 heteroatoms. The third-order valence-electron chi connectivity index (χ3n) is 5.36. The van der Waals surface area contributed by atoms with E-state index in [4.69, 9.17) is 31.0 Å². The lowest BCUT2D eigenvalue weighted by molar-refractivity contribution is -0.0903. The number of halogens is 1. The molecule has 8 nitrogen and oxygen atoms in total. The van der Waals surface area contributed by atoms with Crippen LogP contribution in [0.1, 0.15) is 41.5 Å². The summed E-state index contributed by atoms with van der Waals surface area (Å²) in [6.07, 6.45) is -0.971. The van der Waals surface area contributed by atoms with Gasteiger partial charge >= 0.3 is 0 Å². The lowest BCUT2D eigenvalue weighted by atomic mass is 9.97. The van der Waals surface area contributed by atoms with Gasteiger partial charge in [0.15, 0.2) is 0 Å². The number of benzene rings is 2. The second-order valence-electron chi connectivity index (χ2n) is 7.79. The van der Waals surface area contributed by atoms with Crippen LogP contribution < -0.4 is 9.88 Å². The number of nitrogens with two attached hydrogens (primary N) is 1. The molecule has 3 aromatic rings. The van der Waals surface area contributed by atoms with Gasteiger partial charge in [0, 0.05) is 21.5 Å². The first-order chi connectivity index (χ1) is 15.7. The molecule has 2 N–H and O–H groups in total. The number of fused-ring (bicyclic) bond motifs is 1. The van der Waals surface area contributed by atoms with Crippen molar-refractivity contribution in [2.24, 2.45) is 5.14 Å². The van der Waals surface area contributed by atoms with Gasteiger partial charge in [0.25, 0.3) is 0 Å². The average Bonchev–Trinajstić information content (AvgIpc) is 2.78. The molecule has 0 amide bonds. The molecule has 1 aromatic heterocycles. The Kier molecular flexibility index (Phi) is 6.56. The number of sulfonamides is 1. The number of hydrogen-bond donors (Lipinski definition) is 1. The van der Waals surface area contributed by atoms with Gasteiger partial charge in [-0.3, -0.25) is 0 Å². The first kappa shape index (κ1) is 23.4. The zero-order chi connectivity index (χ0) is 23.8. The summed E-state index contributed by atoms with van der Waals surface area (Å²) in [6, 6.07) is 12.1.